The largest absolute Gasteiger partial charge is 0.389 e. The fourth-order valence-electron chi connectivity index (χ4n) is 2.13. The number of nitrogens with one attached hydrogen (secondary N) is 1. The van der Waals surface area contributed by atoms with Gasteiger partial charge in [0.25, 0.3) is 0 Å². The summed E-state index contributed by atoms with van der Waals surface area (Å²) in [7, 11) is 0. The minimum Gasteiger partial charge on any atom is -0.389 e. The normalized spacial score (nSPS) is 10.4. The van der Waals surface area contributed by atoms with Crippen molar-refractivity contribution in [3.8, 4) is 0 Å². The molecule has 0 bridgehead atoms. The molecule has 0 amide bonds. The van der Waals surface area contributed by atoms with E-state index in [9.17, 15) is 4.39 Å². The van der Waals surface area contributed by atoms with Gasteiger partial charge in [-0.05, 0) is 56.2 Å². The van der Waals surface area contributed by atoms with E-state index in [1.54, 1.807) is 6.07 Å². The molecule has 5 heteroatoms. The predicted molar refractivity (Wildman–Crippen MR) is 84.0 cm³/mol. The number of hydrogen-bond donors (Lipinski definition) is 2. The Hall–Kier alpha value is -2.01. The van der Waals surface area contributed by atoms with E-state index < -0.39 is 0 Å². The lowest BCUT2D eigenvalue weighted by molar-refractivity contribution is 0.627. The van der Waals surface area contributed by atoms with Gasteiger partial charge in [-0.25, -0.2) is 9.37 Å². The first-order chi connectivity index (χ1) is 9.38. The molecule has 2 rings (SSSR count). The van der Waals surface area contributed by atoms with Crippen LogP contribution in [0.3, 0.4) is 0 Å². The summed E-state index contributed by atoms with van der Waals surface area (Å²) in [5.74, 6) is 0.334. The van der Waals surface area contributed by atoms with Crippen LogP contribution in [-0.2, 0) is 0 Å². The fraction of sp³-hybridized carbons (Fsp3) is 0.200. The molecule has 0 saturated heterocycles. The van der Waals surface area contributed by atoms with Gasteiger partial charge in [0.05, 0.1) is 5.56 Å². The molecule has 0 saturated carbocycles. The highest BCUT2D eigenvalue weighted by atomic mass is 32.1. The quantitative estimate of drug-likeness (QED) is 0.849. The number of rotatable bonds is 3. The topological polar surface area (TPSA) is 50.9 Å². The molecule has 0 spiro atoms. The van der Waals surface area contributed by atoms with Gasteiger partial charge in [0.2, 0.25) is 0 Å². The highest BCUT2D eigenvalue weighted by molar-refractivity contribution is 7.80. The zero-order valence-electron chi connectivity index (χ0n) is 11.6. The third-order valence-corrected chi connectivity index (χ3v) is 3.24. The van der Waals surface area contributed by atoms with E-state index in [-0.39, 0.29) is 10.8 Å². The highest BCUT2D eigenvalue weighted by Gasteiger charge is 2.12. The van der Waals surface area contributed by atoms with Gasteiger partial charge in [-0.1, -0.05) is 12.2 Å². The van der Waals surface area contributed by atoms with Gasteiger partial charge in [-0.3, -0.25) is 0 Å². The van der Waals surface area contributed by atoms with Gasteiger partial charge in [-0.2, -0.15) is 0 Å². The van der Waals surface area contributed by atoms with Crippen LogP contribution in [0.4, 0.5) is 15.9 Å². The smallest absolute Gasteiger partial charge is 0.141 e. The van der Waals surface area contributed by atoms with Gasteiger partial charge in [0.15, 0.2) is 0 Å². The van der Waals surface area contributed by atoms with Crippen LogP contribution < -0.4 is 11.1 Å². The Morgan fingerprint density at radius 1 is 1.20 bits per heavy atom. The maximum atomic E-state index is 13.1. The van der Waals surface area contributed by atoms with Crippen LogP contribution in [0.2, 0.25) is 0 Å². The molecule has 1 aromatic carbocycles. The number of hydrogen-bond acceptors (Lipinski definition) is 3. The molecule has 3 N–H and O–H groups in total. The number of aryl methyl sites for hydroxylation is 3. The second kappa shape index (κ2) is 5.54. The Morgan fingerprint density at radius 3 is 2.50 bits per heavy atom. The zero-order valence-corrected chi connectivity index (χ0v) is 12.4. The highest BCUT2D eigenvalue weighted by Crippen LogP contribution is 2.25. The van der Waals surface area contributed by atoms with E-state index in [1.165, 1.54) is 12.1 Å². The molecular weight excluding hydrogens is 273 g/mol. The molecule has 0 aliphatic heterocycles. The SMILES string of the molecule is Cc1cc(C)c(C(N)=S)c(Nc2ccc(F)cc2C)n1. The number of pyridine rings is 1. The predicted octanol–water partition coefficient (Wildman–Crippen LogP) is 3.52. The number of nitrogens with zero attached hydrogens (tertiary/aromatic N) is 1. The van der Waals surface area contributed by atoms with Gasteiger partial charge >= 0.3 is 0 Å². The third-order valence-electron chi connectivity index (χ3n) is 3.03. The van der Waals surface area contributed by atoms with Crippen LogP contribution in [0.1, 0.15) is 22.4 Å². The molecular formula is C15H16FN3S. The van der Waals surface area contributed by atoms with Crippen LogP contribution in [-0.4, -0.2) is 9.97 Å². The van der Waals surface area contributed by atoms with E-state index in [0.717, 1.165) is 22.5 Å². The lowest BCUT2D eigenvalue weighted by atomic mass is 10.1. The molecule has 0 aliphatic rings. The monoisotopic (exact) mass is 289 g/mol. The molecule has 0 atom stereocenters. The standard InChI is InChI=1S/C15H16FN3S/c1-8-7-11(16)4-5-12(8)19-15-13(14(17)20)9(2)6-10(3)18-15/h4-7H,1-3H3,(H2,17,20)(H,18,19). The summed E-state index contributed by atoms with van der Waals surface area (Å²) >= 11 is 5.09. The van der Waals surface area contributed by atoms with Crippen LogP contribution in [0.5, 0.6) is 0 Å². The van der Waals surface area contributed by atoms with E-state index in [4.69, 9.17) is 18.0 Å². The Kier molecular flexibility index (Phi) is 3.99. The first-order valence-corrected chi connectivity index (χ1v) is 6.60. The first-order valence-electron chi connectivity index (χ1n) is 6.19. The maximum Gasteiger partial charge on any atom is 0.141 e. The van der Waals surface area contributed by atoms with Gasteiger partial charge in [0.1, 0.15) is 16.6 Å². The Bertz CT molecular complexity index is 683. The number of halogens is 1. The van der Waals surface area contributed by atoms with E-state index in [1.807, 2.05) is 26.8 Å². The molecule has 0 fully saturated rings. The minimum absolute atomic E-state index is 0.268. The molecule has 0 radical (unpaired) electrons. The molecule has 0 aliphatic carbocycles. The second-order valence-electron chi connectivity index (χ2n) is 4.75. The molecule has 104 valence electrons. The summed E-state index contributed by atoms with van der Waals surface area (Å²) in [5, 5.41) is 3.19. The number of benzene rings is 1. The van der Waals surface area contributed by atoms with Crippen LogP contribution in [0, 0.1) is 26.6 Å². The van der Waals surface area contributed by atoms with Crippen LogP contribution in [0.15, 0.2) is 24.3 Å². The third kappa shape index (κ3) is 2.93. The summed E-state index contributed by atoms with van der Waals surface area (Å²) in [4.78, 5) is 4.73. The van der Waals surface area contributed by atoms with Crippen molar-refractivity contribution < 1.29 is 4.39 Å². The Labute approximate surface area is 123 Å². The molecule has 1 heterocycles. The lowest BCUT2D eigenvalue weighted by Gasteiger charge is -2.15. The average molecular weight is 289 g/mol. The van der Waals surface area contributed by atoms with Crippen molar-refractivity contribution in [2.24, 2.45) is 5.73 Å². The Balaban J connectivity index is 2.50. The van der Waals surface area contributed by atoms with Gasteiger partial charge in [0, 0.05) is 11.4 Å². The van der Waals surface area contributed by atoms with Crippen molar-refractivity contribution in [3.63, 3.8) is 0 Å². The molecule has 1 aromatic heterocycles. The molecule has 0 unspecified atom stereocenters. The zero-order chi connectivity index (χ0) is 14.9. The summed E-state index contributed by atoms with van der Waals surface area (Å²) in [6, 6.07) is 6.47. The number of anilines is 2. The minimum atomic E-state index is -0.268. The fourth-order valence-corrected chi connectivity index (χ4v) is 2.39. The van der Waals surface area contributed by atoms with Crippen molar-refractivity contribution >= 4 is 28.7 Å². The first kappa shape index (κ1) is 14.4. The number of aromatic nitrogens is 1. The Morgan fingerprint density at radius 2 is 1.90 bits per heavy atom. The molecule has 20 heavy (non-hydrogen) atoms. The molecule has 3 nitrogen and oxygen atoms in total. The van der Waals surface area contributed by atoms with Crippen molar-refractivity contribution in [1.82, 2.24) is 4.98 Å². The number of thiocarbonyl (C=S) groups is 1. The molecule has 2 aromatic rings. The average Bonchev–Trinajstić information content (AvgIpc) is 2.31. The van der Waals surface area contributed by atoms with Gasteiger partial charge in [-0.15, -0.1) is 0 Å². The van der Waals surface area contributed by atoms with E-state index in [2.05, 4.69) is 10.3 Å². The van der Waals surface area contributed by atoms with Crippen molar-refractivity contribution in [2.75, 3.05) is 5.32 Å². The van der Waals surface area contributed by atoms with Crippen LogP contribution >= 0.6 is 12.2 Å². The van der Waals surface area contributed by atoms with Gasteiger partial charge < -0.3 is 11.1 Å². The summed E-state index contributed by atoms with van der Waals surface area (Å²) in [6.45, 7) is 5.67. The summed E-state index contributed by atoms with van der Waals surface area (Å²) < 4.78 is 13.1. The summed E-state index contributed by atoms with van der Waals surface area (Å²) in [5.41, 5.74) is 9.89. The van der Waals surface area contributed by atoms with E-state index >= 15 is 0 Å². The maximum absolute atomic E-state index is 13.1. The van der Waals surface area contributed by atoms with Crippen molar-refractivity contribution in [3.05, 3.63) is 52.5 Å². The second-order valence-corrected chi connectivity index (χ2v) is 5.19. The summed E-state index contributed by atoms with van der Waals surface area (Å²) in [6.07, 6.45) is 0. The van der Waals surface area contributed by atoms with Crippen molar-refractivity contribution in [2.45, 2.75) is 20.8 Å². The van der Waals surface area contributed by atoms with Crippen molar-refractivity contribution in [1.29, 1.82) is 0 Å². The lowest BCUT2D eigenvalue weighted by Crippen LogP contribution is -2.15. The van der Waals surface area contributed by atoms with Crippen LogP contribution in [0.25, 0.3) is 0 Å². The van der Waals surface area contributed by atoms with E-state index in [0.29, 0.717) is 11.4 Å². The number of nitrogens with two attached hydrogens (primary N) is 1.